The lowest BCUT2D eigenvalue weighted by Gasteiger charge is -2.10. The lowest BCUT2D eigenvalue weighted by Crippen LogP contribution is -2.00. The smallest absolute Gasteiger partial charge is 0.161 e. The van der Waals surface area contributed by atoms with E-state index in [0.29, 0.717) is 23.0 Å². The van der Waals surface area contributed by atoms with Gasteiger partial charge in [-0.2, -0.15) is 0 Å². The third kappa shape index (κ3) is 2.17. The predicted octanol–water partition coefficient (Wildman–Crippen LogP) is 1.60. The topological polar surface area (TPSA) is 69.2 Å². The molecular formula is C12H14N4O2. The molecular weight excluding hydrogens is 232 g/mol. The van der Waals surface area contributed by atoms with E-state index in [1.165, 1.54) is 6.33 Å². The third-order valence-electron chi connectivity index (χ3n) is 2.51. The highest BCUT2D eigenvalue weighted by Crippen LogP contribution is 2.33. The van der Waals surface area contributed by atoms with Gasteiger partial charge in [0.25, 0.3) is 0 Å². The number of benzene rings is 1. The normalized spacial score (nSPS) is 9.94. The fourth-order valence-corrected chi connectivity index (χ4v) is 1.64. The molecule has 2 aromatic rings. The van der Waals surface area contributed by atoms with Crippen molar-refractivity contribution in [1.29, 1.82) is 0 Å². The first kappa shape index (κ1) is 12.1. The number of methoxy groups -OCH3 is 2. The second-order valence-corrected chi connectivity index (χ2v) is 3.48. The zero-order valence-electron chi connectivity index (χ0n) is 10.5. The van der Waals surface area contributed by atoms with Crippen LogP contribution in [0.4, 0.5) is 5.82 Å². The second kappa shape index (κ2) is 5.31. The molecule has 0 saturated carbocycles. The predicted molar refractivity (Wildman–Crippen MR) is 67.9 cm³/mol. The van der Waals surface area contributed by atoms with Crippen molar-refractivity contribution in [3.63, 3.8) is 0 Å². The summed E-state index contributed by atoms with van der Waals surface area (Å²) in [5.74, 6) is 1.98. The van der Waals surface area contributed by atoms with E-state index in [4.69, 9.17) is 9.47 Å². The van der Waals surface area contributed by atoms with Gasteiger partial charge < -0.3 is 14.8 Å². The molecule has 0 unspecified atom stereocenters. The molecule has 2 rings (SSSR count). The number of hydrogen-bond donors (Lipinski definition) is 1. The Kier molecular flexibility index (Phi) is 3.57. The Hall–Kier alpha value is -2.37. The number of ether oxygens (including phenoxy) is 2. The summed E-state index contributed by atoms with van der Waals surface area (Å²) in [4.78, 5) is 4.11. The molecule has 0 aliphatic heterocycles. The molecule has 18 heavy (non-hydrogen) atoms. The van der Waals surface area contributed by atoms with Crippen LogP contribution in [0.3, 0.4) is 0 Å². The highest BCUT2D eigenvalue weighted by molar-refractivity contribution is 5.72. The number of nitrogens with one attached hydrogen (secondary N) is 1. The molecule has 6 heteroatoms. The lowest BCUT2D eigenvalue weighted by atomic mass is 10.1. The molecule has 94 valence electrons. The molecule has 1 heterocycles. The highest BCUT2D eigenvalue weighted by atomic mass is 16.5. The van der Waals surface area contributed by atoms with Gasteiger partial charge in [-0.25, -0.2) is 4.98 Å². The van der Waals surface area contributed by atoms with E-state index >= 15 is 0 Å². The molecule has 0 saturated heterocycles. The SMILES string of the molecule is CNc1ncnnc1-c1ccc(OC)c(OC)c1. The standard InChI is InChI=1S/C12H14N4O2/c1-13-12-11(16-15-7-14-12)8-4-5-9(17-2)10(6-8)18-3/h4-7H,1-3H3,(H,13,14,15). The van der Waals surface area contributed by atoms with E-state index in [0.717, 1.165) is 5.56 Å². The maximum Gasteiger partial charge on any atom is 0.161 e. The quantitative estimate of drug-likeness (QED) is 0.883. The average Bonchev–Trinajstić information content (AvgIpc) is 2.46. The van der Waals surface area contributed by atoms with Crippen LogP contribution in [-0.2, 0) is 0 Å². The number of aromatic nitrogens is 3. The van der Waals surface area contributed by atoms with Crippen molar-refractivity contribution in [3.05, 3.63) is 24.5 Å². The van der Waals surface area contributed by atoms with Crippen molar-refractivity contribution < 1.29 is 9.47 Å². The Labute approximate surface area is 105 Å². The molecule has 1 aromatic heterocycles. The van der Waals surface area contributed by atoms with Gasteiger partial charge in [0.2, 0.25) is 0 Å². The van der Waals surface area contributed by atoms with E-state index < -0.39 is 0 Å². The zero-order chi connectivity index (χ0) is 13.0. The van der Waals surface area contributed by atoms with Crippen molar-refractivity contribution in [1.82, 2.24) is 15.2 Å². The van der Waals surface area contributed by atoms with Crippen LogP contribution in [-0.4, -0.2) is 36.4 Å². The fourth-order valence-electron chi connectivity index (χ4n) is 1.64. The van der Waals surface area contributed by atoms with Crippen molar-refractivity contribution in [2.45, 2.75) is 0 Å². The molecule has 6 nitrogen and oxygen atoms in total. The zero-order valence-corrected chi connectivity index (χ0v) is 10.5. The molecule has 0 aliphatic rings. The fraction of sp³-hybridized carbons (Fsp3) is 0.250. The molecule has 0 aliphatic carbocycles. The second-order valence-electron chi connectivity index (χ2n) is 3.48. The minimum atomic E-state index is 0.641. The van der Waals surface area contributed by atoms with Crippen molar-refractivity contribution >= 4 is 5.82 Å². The van der Waals surface area contributed by atoms with Crippen molar-refractivity contribution in [3.8, 4) is 22.8 Å². The number of rotatable bonds is 4. The van der Waals surface area contributed by atoms with Gasteiger partial charge in [0.15, 0.2) is 17.3 Å². The van der Waals surface area contributed by atoms with E-state index in [1.807, 2.05) is 18.2 Å². The summed E-state index contributed by atoms with van der Waals surface area (Å²) in [5.41, 5.74) is 1.53. The van der Waals surface area contributed by atoms with Crippen LogP contribution in [0.1, 0.15) is 0 Å². The lowest BCUT2D eigenvalue weighted by molar-refractivity contribution is 0.355. The Balaban J connectivity index is 2.51. The van der Waals surface area contributed by atoms with Crippen LogP contribution >= 0.6 is 0 Å². The van der Waals surface area contributed by atoms with Crippen molar-refractivity contribution in [2.75, 3.05) is 26.6 Å². The van der Waals surface area contributed by atoms with Crippen LogP contribution in [0, 0.1) is 0 Å². The molecule has 0 bridgehead atoms. The Morgan fingerprint density at radius 1 is 1.11 bits per heavy atom. The van der Waals surface area contributed by atoms with E-state index in [1.54, 1.807) is 21.3 Å². The van der Waals surface area contributed by atoms with Crippen molar-refractivity contribution in [2.24, 2.45) is 0 Å². The average molecular weight is 246 g/mol. The molecule has 1 aromatic carbocycles. The third-order valence-corrected chi connectivity index (χ3v) is 2.51. The first-order chi connectivity index (χ1) is 8.80. The number of anilines is 1. The Bertz CT molecular complexity index is 545. The summed E-state index contributed by atoms with van der Waals surface area (Å²) in [6.45, 7) is 0. The molecule has 0 atom stereocenters. The van der Waals surface area contributed by atoms with Gasteiger partial charge in [-0.15, -0.1) is 10.2 Å². The summed E-state index contributed by atoms with van der Waals surface area (Å²) in [6, 6.07) is 5.54. The van der Waals surface area contributed by atoms with Gasteiger partial charge in [-0.3, -0.25) is 0 Å². The molecule has 0 amide bonds. The van der Waals surface area contributed by atoms with E-state index in [-0.39, 0.29) is 0 Å². The molecule has 1 N–H and O–H groups in total. The van der Waals surface area contributed by atoms with E-state index in [2.05, 4.69) is 20.5 Å². The summed E-state index contributed by atoms with van der Waals surface area (Å²) >= 11 is 0. The summed E-state index contributed by atoms with van der Waals surface area (Å²) in [7, 11) is 4.98. The maximum atomic E-state index is 5.26. The first-order valence-corrected chi connectivity index (χ1v) is 5.38. The minimum absolute atomic E-state index is 0.641. The highest BCUT2D eigenvalue weighted by Gasteiger charge is 2.11. The number of nitrogens with zero attached hydrogens (tertiary/aromatic N) is 3. The summed E-state index contributed by atoms with van der Waals surface area (Å²) in [5, 5.41) is 10.8. The monoisotopic (exact) mass is 246 g/mol. The Morgan fingerprint density at radius 2 is 1.89 bits per heavy atom. The molecule has 0 radical (unpaired) electrons. The number of hydrogen-bond acceptors (Lipinski definition) is 6. The molecule has 0 fully saturated rings. The minimum Gasteiger partial charge on any atom is -0.493 e. The van der Waals surface area contributed by atoms with Gasteiger partial charge in [0, 0.05) is 12.6 Å². The summed E-state index contributed by atoms with van der Waals surface area (Å²) in [6.07, 6.45) is 1.40. The maximum absolute atomic E-state index is 5.26. The van der Waals surface area contributed by atoms with Crippen LogP contribution in [0.2, 0.25) is 0 Å². The van der Waals surface area contributed by atoms with Gasteiger partial charge in [-0.1, -0.05) is 0 Å². The van der Waals surface area contributed by atoms with Gasteiger partial charge in [0.1, 0.15) is 12.0 Å². The Morgan fingerprint density at radius 3 is 2.56 bits per heavy atom. The summed E-state index contributed by atoms with van der Waals surface area (Å²) < 4.78 is 10.4. The van der Waals surface area contributed by atoms with Crippen LogP contribution in [0.15, 0.2) is 24.5 Å². The van der Waals surface area contributed by atoms with Gasteiger partial charge in [0.05, 0.1) is 14.2 Å². The van der Waals surface area contributed by atoms with E-state index in [9.17, 15) is 0 Å². The van der Waals surface area contributed by atoms with Gasteiger partial charge in [-0.05, 0) is 18.2 Å². The van der Waals surface area contributed by atoms with Gasteiger partial charge >= 0.3 is 0 Å². The first-order valence-electron chi connectivity index (χ1n) is 5.38. The largest absolute Gasteiger partial charge is 0.493 e. The molecule has 0 spiro atoms. The van der Waals surface area contributed by atoms with Crippen LogP contribution in [0.5, 0.6) is 11.5 Å². The van der Waals surface area contributed by atoms with Crippen LogP contribution in [0.25, 0.3) is 11.3 Å². The van der Waals surface area contributed by atoms with Crippen LogP contribution < -0.4 is 14.8 Å².